The zero-order valence-electron chi connectivity index (χ0n) is 10.4. The number of halogens is 1. The number of nitrogens with one attached hydrogen (secondary N) is 1. The van der Waals surface area contributed by atoms with E-state index in [0.29, 0.717) is 17.8 Å². The number of benzene rings is 1. The fourth-order valence-corrected chi connectivity index (χ4v) is 2.21. The summed E-state index contributed by atoms with van der Waals surface area (Å²) in [5.41, 5.74) is 1.18. The third-order valence-electron chi connectivity index (χ3n) is 3.19. The predicted molar refractivity (Wildman–Crippen MR) is 72.7 cm³/mol. The van der Waals surface area contributed by atoms with Gasteiger partial charge >= 0.3 is 0 Å². The fraction of sp³-hybridized carbons (Fsp3) is 0.538. The molecule has 0 saturated carbocycles. The second-order valence-corrected chi connectivity index (χ2v) is 4.76. The van der Waals surface area contributed by atoms with Crippen molar-refractivity contribution in [2.45, 2.75) is 32.5 Å². The van der Waals surface area contributed by atoms with Crippen molar-refractivity contribution in [2.75, 3.05) is 13.1 Å². The lowest BCUT2D eigenvalue weighted by atomic mass is 10.1. The van der Waals surface area contributed by atoms with Crippen LogP contribution in [0.15, 0.2) is 24.3 Å². The molecule has 1 fully saturated rings. The highest BCUT2D eigenvalue weighted by Gasteiger charge is 2.21. The van der Waals surface area contributed by atoms with Gasteiger partial charge in [0.2, 0.25) is 0 Å². The van der Waals surface area contributed by atoms with Crippen LogP contribution in [0.25, 0.3) is 0 Å². The molecule has 1 aliphatic heterocycles. The molecule has 0 spiro atoms. The Morgan fingerprint density at radius 2 is 2.18 bits per heavy atom. The molecule has 2 rings (SSSR count). The van der Waals surface area contributed by atoms with Crippen LogP contribution in [0.4, 0.5) is 0 Å². The molecule has 0 radical (unpaired) electrons. The van der Waals surface area contributed by atoms with Crippen LogP contribution in [0.1, 0.15) is 19.4 Å². The molecule has 2 atom stereocenters. The van der Waals surface area contributed by atoms with Crippen LogP contribution in [0, 0.1) is 0 Å². The maximum atomic E-state index is 9.43. The molecule has 17 heavy (non-hydrogen) atoms. The molecule has 0 aliphatic carbocycles. The number of hydrogen-bond acceptors (Lipinski definition) is 3. The first-order chi connectivity index (χ1) is 7.65. The third kappa shape index (κ3) is 3.87. The van der Waals surface area contributed by atoms with E-state index >= 15 is 0 Å². The molecule has 2 N–H and O–H groups in total. The van der Waals surface area contributed by atoms with Gasteiger partial charge in [0.15, 0.2) is 0 Å². The highest BCUT2D eigenvalue weighted by atomic mass is 35.5. The zero-order valence-corrected chi connectivity index (χ0v) is 11.2. The molecule has 1 saturated heterocycles. The minimum Gasteiger partial charge on any atom is -0.508 e. The highest BCUT2D eigenvalue weighted by Crippen LogP contribution is 2.16. The Morgan fingerprint density at radius 3 is 2.88 bits per heavy atom. The van der Waals surface area contributed by atoms with Gasteiger partial charge in [-0.1, -0.05) is 12.1 Å². The summed E-state index contributed by atoms with van der Waals surface area (Å²) in [4.78, 5) is 2.45. The summed E-state index contributed by atoms with van der Waals surface area (Å²) >= 11 is 0. The lowest BCUT2D eigenvalue weighted by Crippen LogP contribution is -2.53. The van der Waals surface area contributed by atoms with E-state index in [1.807, 2.05) is 12.1 Å². The van der Waals surface area contributed by atoms with Crippen molar-refractivity contribution >= 4 is 12.4 Å². The first-order valence-electron chi connectivity index (χ1n) is 5.90. The first-order valence-corrected chi connectivity index (χ1v) is 5.90. The van der Waals surface area contributed by atoms with Gasteiger partial charge in [0.05, 0.1) is 0 Å². The largest absolute Gasteiger partial charge is 0.508 e. The molecule has 2 unspecified atom stereocenters. The van der Waals surface area contributed by atoms with E-state index in [4.69, 9.17) is 0 Å². The van der Waals surface area contributed by atoms with Crippen LogP contribution >= 0.6 is 12.4 Å². The molecule has 0 amide bonds. The minimum atomic E-state index is 0. The van der Waals surface area contributed by atoms with Gasteiger partial charge in [-0.2, -0.15) is 0 Å². The van der Waals surface area contributed by atoms with Crippen molar-refractivity contribution in [1.29, 1.82) is 0 Å². The van der Waals surface area contributed by atoms with Gasteiger partial charge in [0.1, 0.15) is 5.75 Å². The first kappa shape index (κ1) is 14.3. The predicted octanol–water partition coefficient (Wildman–Crippen LogP) is 2.00. The Bertz CT molecular complexity index is 359. The quantitative estimate of drug-likeness (QED) is 0.850. The summed E-state index contributed by atoms with van der Waals surface area (Å²) < 4.78 is 0. The number of phenols is 1. The Balaban J connectivity index is 0.00000144. The van der Waals surface area contributed by atoms with E-state index in [1.54, 1.807) is 6.07 Å². The lowest BCUT2D eigenvalue weighted by molar-refractivity contribution is 0.139. The van der Waals surface area contributed by atoms with Gasteiger partial charge in [-0.3, -0.25) is 4.90 Å². The minimum absolute atomic E-state index is 0. The number of rotatable bonds is 2. The summed E-state index contributed by atoms with van der Waals surface area (Å²) in [6, 6.07) is 8.64. The standard InChI is InChI=1S/C13H20N2O.ClH/c1-10-8-15(11(2)7-14-10)9-12-4-3-5-13(16)6-12;/h3-6,10-11,14,16H,7-9H2,1-2H3;1H. The maximum Gasteiger partial charge on any atom is 0.115 e. The van der Waals surface area contributed by atoms with Gasteiger partial charge in [-0.15, -0.1) is 12.4 Å². The number of aromatic hydroxyl groups is 1. The molecular formula is C13H21ClN2O. The second-order valence-electron chi connectivity index (χ2n) is 4.76. The average Bonchev–Trinajstić information content (AvgIpc) is 2.24. The molecule has 3 nitrogen and oxygen atoms in total. The summed E-state index contributed by atoms with van der Waals surface area (Å²) in [5, 5.41) is 12.9. The second kappa shape index (κ2) is 6.24. The normalized spacial score (nSPS) is 25.3. The average molecular weight is 257 g/mol. The van der Waals surface area contributed by atoms with Crippen molar-refractivity contribution in [3.05, 3.63) is 29.8 Å². The molecule has 1 aliphatic rings. The van der Waals surface area contributed by atoms with Gasteiger partial charge in [0, 0.05) is 31.7 Å². The SMILES string of the molecule is CC1CN(Cc2cccc(O)c2)C(C)CN1.Cl. The number of hydrogen-bond donors (Lipinski definition) is 2. The summed E-state index contributed by atoms with van der Waals surface area (Å²) in [6.45, 7) is 7.47. The van der Waals surface area contributed by atoms with Gasteiger partial charge < -0.3 is 10.4 Å². The highest BCUT2D eigenvalue weighted by molar-refractivity contribution is 5.85. The molecule has 0 bridgehead atoms. The third-order valence-corrected chi connectivity index (χ3v) is 3.19. The lowest BCUT2D eigenvalue weighted by Gasteiger charge is -2.37. The van der Waals surface area contributed by atoms with Crippen molar-refractivity contribution in [2.24, 2.45) is 0 Å². The van der Waals surface area contributed by atoms with Crippen LogP contribution < -0.4 is 5.32 Å². The van der Waals surface area contributed by atoms with Crippen LogP contribution in [0.3, 0.4) is 0 Å². The summed E-state index contributed by atoms with van der Waals surface area (Å²) in [6.07, 6.45) is 0. The maximum absolute atomic E-state index is 9.43. The Morgan fingerprint density at radius 1 is 1.41 bits per heavy atom. The van der Waals surface area contributed by atoms with E-state index in [-0.39, 0.29) is 12.4 Å². The van der Waals surface area contributed by atoms with Gasteiger partial charge in [-0.05, 0) is 31.5 Å². The molecule has 1 aromatic rings. The number of phenolic OH excluding ortho intramolecular Hbond substituents is 1. The van der Waals surface area contributed by atoms with Crippen LogP contribution in [0.5, 0.6) is 5.75 Å². The summed E-state index contributed by atoms with van der Waals surface area (Å²) in [5.74, 6) is 0.355. The molecule has 1 aromatic carbocycles. The van der Waals surface area contributed by atoms with Crippen LogP contribution in [0.2, 0.25) is 0 Å². The molecule has 0 aromatic heterocycles. The van der Waals surface area contributed by atoms with Crippen molar-refractivity contribution in [3.63, 3.8) is 0 Å². The van der Waals surface area contributed by atoms with E-state index < -0.39 is 0 Å². The van der Waals surface area contributed by atoms with E-state index in [0.717, 1.165) is 19.6 Å². The smallest absolute Gasteiger partial charge is 0.115 e. The van der Waals surface area contributed by atoms with E-state index in [1.165, 1.54) is 5.56 Å². The fourth-order valence-electron chi connectivity index (χ4n) is 2.21. The summed E-state index contributed by atoms with van der Waals surface area (Å²) in [7, 11) is 0. The molecule has 96 valence electrons. The van der Waals surface area contributed by atoms with Crippen molar-refractivity contribution in [3.8, 4) is 5.75 Å². The van der Waals surface area contributed by atoms with Gasteiger partial charge in [0.25, 0.3) is 0 Å². The Hall–Kier alpha value is -0.770. The Kier molecular flexibility index (Phi) is 5.25. The monoisotopic (exact) mass is 256 g/mol. The van der Waals surface area contributed by atoms with E-state index in [9.17, 15) is 5.11 Å². The van der Waals surface area contributed by atoms with Crippen LogP contribution in [-0.2, 0) is 6.54 Å². The van der Waals surface area contributed by atoms with E-state index in [2.05, 4.69) is 30.1 Å². The topological polar surface area (TPSA) is 35.5 Å². The van der Waals surface area contributed by atoms with Gasteiger partial charge in [-0.25, -0.2) is 0 Å². The number of piperazine rings is 1. The van der Waals surface area contributed by atoms with Crippen molar-refractivity contribution in [1.82, 2.24) is 10.2 Å². The molecular weight excluding hydrogens is 236 g/mol. The number of nitrogens with zero attached hydrogens (tertiary/aromatic N) is 1. The van der Waals surface area contributed by atoms with Crippen LogP contribution in [-0.4, -0.2) is 35.2 Å². The molecule has 4 heteroatoms. The Labute approximate surface area is 109 Å². The van der Waals surface area contributed by atoms with Crippen molar-refractivity contribution < 1.29 is 5.11 Å². The molecule has 1 heterocycles. The zero-order chi connectivity index (χ0) is 11.5.